The Morgan fingerprint density at radius 2 is 1.94 bits per heavy atom. The Kier molecular flexibility index (Phi) is 5.20. The number of H-pyrrole nitrogens is 1. The molecule has 1 unspecified atom stereocenters. The van der Waals surface area contributed by atoms with Crippen molar-refractivity contribution < 1.29 is 13.6 Å². The van der Waals surface area contributed by atoms with E-state index in [0.29, 0.717) is 22.5 Å². The number of amides is 1. The molecule has 11 heteroatoms. The van der Waals surface area contributed by atoms with Crippen LogP contribution in [0.2, 0.25) is 0 Å². The zero-order valence-corrected chi connectivity index (χ0v) is 18.0. The van der Waals surface area contributed by atoms with E-state index in [1.807, 2.05) is 19.1 Å². The van der Waals surface area contributed by atoms with E-state index in [4.69, 9.17) is 0 Å². The Morgan fingerprint density at radius 3 is 2.53 bits per heavy atom. The van der Waals surface area contributed by atoms with Crippen molar-refractivity contribution in [3.8, 4) is 0 Å². The average molecular weight is 458 g/mol. The van der Waals surface area contributed by atoms with Gasteiger partial charge in [-0.25, -0.2) is 18.7 Å². The fourth-order valence-electron chi connectivity index (χ4n) is 3.28. The summed E-state index contributed by atoms with van der Waals surface area (Å²) in [5.74, 6) is -2.58. The number of carbonyl (C=O) groups excluding carboxylic acids is 1. The standard InChI is InChI=1S/C21H21F2N7OS/c1-12-9-17(29-28-12)25-16-10-18(30-7-2-8-30)27-20(26-16)32-14-5-3-13(4-6-14)24-19(31)15-11-21(15,22)23/h3-6,9-10,15H,2,7-8,11H2,1H3,(H,24,31)(H2,25,26,27,28,29). The number of benzene rings is 1. The Labute approximate surface area is 187 Å². The maximum Gasteiger partial charge on any atom is 0.260 e. The van der Waals surface area contributed by atoms with Crippen LogP contribution < -0.4 is 15.5 Å². The van der Waals surface area contributed by atoms with E-state index >= 15 is 0 Å². The summed E-state index contributed by atoms with van der Waals surface area (Å²) in [5.41, 5.74) is 1.42. The molecule has 3 N–H and O–H groups in total. The fraction of sp³-hybridized carbons (Fsp3) is 0.333. The number of hydrogen-bond acceptors (Lipinski definition) is 7. The number of alkyl halides is 2. The van der Waals surface area contributed by atoms with Crippen LogP contribution in [0, 0.1) is 12.8 Å². The van der Waals surface area contributed by atoms with Crippen molar-refractivity contribution in [2.45, 2.75) is 35.7 Å². The quantitative estimate of drug-likeness (QED) is 0.457. The summed E-state index contributed by atoms with van der Waals surface area (Å²) in [5, 5.41) is 13.4. The maximum absolute atomic E-state index is 13.1. The molecule has 1 aliphatic carbocycles. The number of carbonyl (C=O) groups is 1. The molecule has 1 amide bonds. The summed E-state index contributed by atoms with van der Waals surface area (Å²) in [7, 11) is 0. The van der Waals surface area contributed by atoms with Gasteiger partial charge in [0.1, 0.15) is 17.6 Å². The molecule has 1 saturated carbocycles. The van der Waals surface area contributed by atoms with E-state index < -0.39 is 17.7 Å². The molecule has 5 rings (SSSR count). The Hall–Kier alpha value is -3.21. The van der Waals surface area contributed by atoms with Crippen molar-refractivity contribution in [3.63, 3.8) is 0 Å². The van der Waals surface area contributed by atoms with Gasteiger partial charge >= 0.3 is 0 Å². The minimum Gasteiger partial charge on any atom is -0.356 e. The summed E-state index contributed by atoms with van der Waals surface area (Å²) in [6.07, 6.45) is 0.749. The van der Waals surface area contributed by atoms with Crippen LogP contribution in [0.5, 0.6) is 0 Å². The summed E-state index contributed by atoms with van der Waals surface area (Å²) in [6.45, 7) is 3.83. The molecule has 166 valence electrons. The van der Waals surface area contributed by atoms with Crippen molar-refractivity contribution >= 4 is 40.8 Å². The molecule has 1 atom stereocenters. The molecule has 2 aliphatic rings. The zero-order chi connectivity index (χ0) is 22.3. The van der Waals surface area contributed by atoms with Gasteiger partial charge < -0.3 is 15.5 Å². The van der Waals surface area contributed by atoms with Crippen LogP contribution in [0.25, 0.3) is 0 Å². The molecule has 0 bridgehead atoms. The molecule has 32 heavy (non-hydrogen) atoms. The molecule has 3 heterocycles. The second-order valence-corrected chi connectivity index (χ2v) is 8.97. The third kappa shape index (κ3) is 4.52. The highest BCUT2D eigenvalue weighted by atomic mass is 32.2. The number of aryl methyl sites for hydroxylation is 1. The van der Waals surface area contributed by atoms with E-state index in [-0.39, 0.29) is 6.42 Å². The Morgan fingerprint density at radius 1 is 1.19 bits per heavy atom. The molecular formula is C21H21F2N7OS. The number of halogens is 2. The van der Waals surface area contributed by atoms with Gasteiger partial charge in [-0.05, 0) is 49.4 Å². The lowest BCUT2D eigenvalue weighted by molar-refractivity contribution is -0.119. The van der Waals surface area contributed by atoms with Gasteiger partial charge in [-0.3, -0.25) is 9.89 Å². The number of aromatic amines is 1. The number of aromatic nitrogens is 4. The second-order valence-electron chi connectivity index (χ2n) is 7.93. The number of hydrogen-bond donors (Lipinski definition) is 3. The predicted molar refractivity (Wildman–Crippen MR) is 118 cm³/mol. The summed E-state index contributed by atoms with van der Waals surface area (Å²) < 4.78 is 26.1. The summed E-state index contributed by atoms with van der Waals surface area (Å²) in [6, 6.07) is 10.8. The number of nitrogens with zero attached hydrogens (tertiary/aromatic N) is 4. The second kappa shape index (κ2) is 8.05. The molecule has 2 fully saturated rings. The molecule has 2 aromatic heterocycles. The molecule has 0 spiro atoms. The lowest BCUT2D eigenvalue weighted by Crippen LogP contribution is -2.37. The van der Waals surface area contributed by atoms with Gasteiger partial charge in [-0.1, -0.05) is 0 Å². The van der Waals surface area contributed by atoms with E-state index in [0.717, 1.165) is 35.9 Å². The van der Waals surface area contributed by atoms with Crippen molar-refractivity contribution in [1.29, 1.82) is 0 Å². The van der Waals surface area contributed by atoms with E-state index in [9.17, 15) is 13.6 Å². The normalized spacial score (nSPS) is 18.7. The first kappa shape index (κ1) is 20.7. The van der Waals surface area contributed by atoms with E-state index in [1.165, 1.54) is 11.8 Å². The van der Waals surface area contributed by atoms with Crippen LogP contribution in [0.15, 0.2) is 46.5 Å². The Bertz CT molecular complexity index is 1150. The molecule has 8 nitrogen and oxygen atoms in total. The molecular weight excluding hydrogens is 436 g/mol. The largest absolute Gasteiger partial charge is 0.356 e. The van der Waals surface area contributed by atoms with Crippen LogP contribution in [0.4, 0.5) is 31.9 Å². The topological polar surface area (TPSA) is 98.8 Å². The van der Waals surface area contributed by atoms with Gasteiger partial charge in [0.2, 0.25) is 5.91 Å². The van der Waals surface area contributed by atoms with Crippen molar-refractivity contribution in [2.75, 3.05) is 28.6 Å². The highest BCUT2D eigenvalue weighted by Gasteiger charge is 2.61. The smallest absolute Gasteiger partial charge is 0.260 e. The third-order valence-corrected chi connectivity index (χ3v) is 6.18. The Balaban J connectivity index is 1.30. The van der Waals surface area contributed by atoms with E-state index in [1.54, 1.807) is 24.3 Å². The van der Waals surface area contributed by atoms with Crippen molar-refractivity contribution in [3.05, 3.63) is 42.1 Å². The number of anilines is 4. The van der Waals surface area contributed by atoms with Crippen LogP contribution in [-0.2, 0) is 4.79 Å². The number of nitrogens with one attached hydrogen (secondary N) is 3. The highest BCUT2D eigenvalue weighted by Crippen LogP contribution is 2.49. The van der Waals surface area contributed by atoms with Crippen LogP contribution >= 0.6 is 11.8 Å². The first-order valence-corrected chi connectivity index (χ1v) is 11.1. The first-order valence-electron chi connectivity index (χ1n) is 10.3. The molecule has 3 aromatic rings. The maximum atomic E-state index is 13.1. The zero-order valence-electron chi connectivity index (χ0n) is 17.2. The first-order chi connectivity index (χ1) is 15.4. The average Bonchev–Trinajstić information content (AvgIpc) is 3.15. The SMILES string of the molecule is Cc1cc(Nc2cc(N3CCC3)nc(Sc3ccc(NC(=O)C4CC4(F)F)cc3)n2)n[nH]1. The van der Waals surface area contributed by atoms with Gasteiger partial charge in [0, 0.05) is 47.9 Å². The fourth-order valence-corrected chi connectivity index (χ4v) is 4.05. The predicted octanol–water partition coefficient (Wildman–Crippen LogP) is 4.21. The minimum atomic E-state index is -2.88. The van der Waals surface area contributed by atoms with Gasteiger partial charge in [0.05, 0.1) is 0 Å². The monoisotopic (exact) mass is 457 g/mol. The van der Waals surface area contributed by atoms with Crippen LogP contribution in [0.1, 0.15) is 18.5 Å². The van der Waals surface area contributed by atoms with E-state index in [2.05, 4.69) is 35.7 Å². The molecule has 1 aliphatic heterocycles. The van der Waals surface area contributed by atoms with Gasteiger partial charge in [0.25, 0.3) is 5.92 Å². The molecule has 1 saturated heterocycles. The molecule has 1 aromatic carbocycles. The summed E-state index contributed by atoms with van der Waals surface area (Å²) >= 11 is 1.38. The lowest BCUT2D eigenvalue weighted by atomic mass is 10.2. The van der Waals surface area contributed by atoms with Crippen LogP contribution in [-0.4, -0.2) is 45.1 Å². The lowest BCUT2D eigenvalue weighted by Gasteiger charge is -2.32. The number of rotatable bonds is 7. The van der Waals surface area contributed by atoms with Crippen molar-refractivity contribution in [1.82, 2.24) is 20.2 Å². The minimum absolute atomic E-state index is 0.383. The highest BCUT2D eigenvalue weighted by molar-refractivity contribution is 7.99. The van der Waals surface area contributed by atoms with Crippen LogP contribution in [0.3, 0.4) is 0 Å². The van der Waals surface area contributed by atoms with Gasteiger partial charge in [0.15, 0.2) is 11.0 Å². The third-order valence-electron chi connectivity index (χ3n) is 5.31. The summed E-state index contributed by atoms with van der Waals surface area (Å²) in [4.78, 5) is 24.2. The molecule has 0 radical (unpaired) electrons. The van der Waals surface area contributed by atoms with Crippen molar-refractivity contribution in [2.24, 2.45) is 5.92 Å². The van der Waals surface area contributed by atoms with Gasteiger partial charge in [-0.2, -0.15) is 5.10 Å². The van der Waals surface area contributed by atoms with Gasteiger partial charge in [-0.15, -0.1) is 0 Å².